The third-order valence-electron chi connectivity index (χ3n) is 5.61. The second-order valence-electron chi connectivity index (χ2n) is 7.73. The van der Waals surface area contributed by atoms with Crippen molar-refractivity contribution in [3.63, 3.8) is 0 Å². The van der Waals surface area contributed by atoms with Crippen LogP contribution in [0.25, 0.3) is 0 Å². The molecule has 0 spiro atoms. The van der Waals surface area contributed by atoms with Gasteiger partial charge in [-0.1, -0.05) is 66.7 Å². The minimum atomic E-state index is -1.93. The Morgan fingerprint density at radius 3 is 1.67 bits per heavy atom. The fourth-order valence-corrected chi connectivity index (χ4v) is 8.35. The van der Waals surface area contributed by atoms with Crippen LogP contribution in [-0.2, 0) is 6.16 Å². The monoisotopic (exact) mass is 471 g/mol. The van der Waals surface area contributed by atoms with E-state index in [0.29, 0.717) is 13.0 Å². The summed E-state index contributed by atoms with van der Waals surface area (Å²) in [4.78, 5) is 0. The molecule has 0 aliphatic heterocycles. The molecule has 0 atom stereocenters. The van der Waals surface area contributed by atoms with E-state index in [1.54, 1.807) is 0 Å². The Balaban J connectivity index is 0.00000306. The third-order valence-corrected chi connectivity index (χ3v) is 9.99. The first kappa shape index (κ1) is 24.5. The molecule has 4 aromatic rings. The highest BCUT2D eigenvalue weighted by molar-refractivity contribution is 7.95. The highest BCUT2D eigenvalue weighted by atomic mass is 35.5. The largest absolute Gasteiger partial charge is 1.00 e. The molecule has 4 heteroatoms. The van der Waals surface area contributed by atoms with Crippen LogP contribution in [0.15, 0.2) is 115 Å². The highest BCUT2D eigenvalue weighted by Gasteiger charge is 2.45. The summed E-state index contributed by atoms with van der Waals surface area (Å²) in [5, 5.41) is 12.9. The normalized spacial score (nSPS) is 10.6. The summed E-state index contributed by atoms with van der Waals surface area (Å²) in [6.07, 6.45) is 2.18. The van der Waals surface area contributed by atoms with Gasteiger partial charge in [0.05, 0.1) is 18.8 Å². The van der Waals surface area contributed by atoms with E-state index in [4.69, 9.17) is 10.00 Å². The van der Waals surface area contributed by atoms with E-state index in [1.165, 1.54) is 21.5 Å². The lowest BCUT2D eigenvalue weighted by molar-refractivity contribution is -0.00000702. The summed E-state index contributed by atoms with van der Waals surface area (Å²) >= 11 is 0. The van der Waals surface area contributed by atoms with E-state index in [9.17, 15) is 0 Å². The van der Waals surface area contributed by atoms with Gasteiger partial charge in [0, 0.05) is 6.42 Å². The molecular formula is C29H27ClNOP. The van der Waals surface area contributed by atoms with Crippen molar-refractivity contribution in [2.24, 2.45) is 0 Å². The van der Waals surface area contributed by atoms with Crippen LogP contribution in [-0.4, -0.2) is 6.61 Å². The molecular weight excluding hydrogens is 445 g/mol. The smallest absolute Gasteiger partial charge is 0.119 e. The summed E-state index contributed by atoms with van der Waals surface area (Å²) in [5.41, 5.74) is 1.26. The average Bonchev–Trinajstić information content (AvgIpc) is 2.87. The molecule has 0 aliphatic carbocycles. The number of hydrogen-bond acceptors (Lipinski definition) is 2. The first-order valence-corrected chi connectivity index (χ1v) is 12.9. The molecule has 0 N–H and O–H groups in total. The maximum Gasteiger partial charge on any atom is 0.119 e. The molecule has 166 valence electrons. The summed E-state index contributed by atoms with van der Waals surface area (Å²) in [5.74, 6) is 0.868. The number of nitrogens with zero attached hydrogens (tertiary/aromatic N) is 1. The van der Waals surface area contributed by atoms with Gasteiger partial charge in [-0.25, -0.2) is 0 Å². The molecule has 2 nitrogen and oxygen atoms in total. The second kappa shape index (κ2) is 12.2. The summed E-state index contributed by atoms with van der Waals surface area (Å²) in [7, 11) is -1.93. The van der Waals surface area contributed by atoms with Crippen molar-refractivity contribution in [3.05, 3.63) is 121 Å². The van der Waals surface area contributed by atoms with Crippen molar-refractivity contribution in [1.29, 1.82) is 5.26 Å². The average molecular weight is 472 g/mol. The molecule has 4 rings (SSSR count). The zero-order valence-electron chi connectivity index (χ0n) is 18.5. The van der Waals surface area contributed by atoms with Crippen molar-refractivity contribution >= 4 is 23.2 Å². The third kappa shape index (κ3) is 5.82. The molecule has 0 bridgehead atoms. The SMILES string of the molecule is N#CCCCOc1cccc(C[P+](c2ccccc2)(c2ccccc2)c2ccccc2)c1.[Cl-]. The molecule has 0 saturated heterocycles. The summed E-state index contributed by atoms with van der Waals surface area (Å²) in [6, 6.07) is 43.4. The van der Waals surface area contributed by atoms with Crippen LogP contribution in [0.4, 0.5) is 0 Å². The lowest BCUT2D eigenvalue weighted by atomic mass is 10.2. The first-order valence-electron chi connectivity index (χ1n) is 11.0. The van der Waals surface area contributed by atoms with Gasteiger partial charge in [-0.15, -0.1) is 0 Å². The van der Waals surface area contributed by atoms with Crippen LogP contribution in [0.3, 0.4) is 0 Å². The number of halogens is 1. The minimum Gasteiger partial charge on any atom is -1.00 e. The Bertz CT molecular complexity index is 1060. The lowest BCUT2D eigenvalue weighted by Gasteiger charge is -2.28. The zero-order valence-corrected chi connectivity index (χ0v) is 20.1. The van der Waals surface area contributed by atoms with Gasteiger partial charge in [0.15, 0.2) is 0 Å². The predicted molar refractivity (Wildman–Crippen MR) is 136 cm³/mol. The number of hydrogen-bond donors (Lipinski definition) is 0. The Morgan fingerprint density at radius 2 is 1.18 bits per heavy atom. The molecule has 0 radical (unpaired) electrons. The summed E-state index contributed by atoms with van der Waals surface area (Å²) < 4.78 is 5.94. The Morgan fingerprint density at radius 1 is 0.667 bits per heavy atom. The maximum atomic E-state index is 8.76. The number of rotatable bonds is 9. The number of unbranched alkanes of at least 4 members (excludes halogenated alkanes) is 1. The Hall–Kier alpha value is -3.11. The van der Waals surface area contributed by atoms with E-state index in [0.717, 1.165) is 18.3 Å². The molecule has 0 unspecified atom stereocenters. The van der Waals surface area contributed by atoms with Crippen LogP contribution < -0.4 is 33.1 Å². The molecule has 0 heterocycles. The van der Waals surface area contributed by atoms with E-state index >= 15 is 0 Å². The molecule has 33 heavy (non-hydrogen) atoms. The van der Waals surface area contributed by atoms with Crippen LogP contribution in [0.5, 0.6) is 5.75 Å². The van der Waals surface area contributed by atoms with Crippen molar-refractivity contribution in [1.82, 2.24) is 0 Å². The van der Waals surface area contributed by atoms with Crippen LogP contribution in [0.1, 0.15) is 18.4 Å². The zero-order chi connectivity index (χ0) is 22.1. The van der Waals surface area contributed by atoms with Gasteiger partial charge in [-0.05, 0) is 60.5 Å². The van der Waals surface area contributed by atoms with Crippen LogP contribution in [0.2, 0.25) is 0 Å². The number of benzene rings is 4. The van der Waals surface area contributed by atoms with E-state index in [-0.39, 0.29) is 12.4 Å². The van der Waals surface area contributed by atoms with Gasteiger partial charge >= 0.3 is 0 Å². The van der Waals surface area contributed by atoms with Crippen molar-refractivity contribution < 1.29 is 17.1 Å². The Kier molecular flexibility index (Phi) is 9.08. The van der Waals surface area contributed by atoms with E-state index in [2.05, 4.69) is 115 Å². The predicted octanol–water partition coefficient (Wildman–Crippen LogP) is 2.87. The molecule has 4 aromatic carbocycles. The van der Waals surface area contributed by atoms with Gasteiger partial charge in [-0.2, -0.15) is 5.26 Å². The molecule has 0 saturated carbocycles. The maximum absolute atomic E-state index is 8.76. The fraction of sp³-hybridized carbons (Fsp3) is 0.138. The second-order valence-corrected chi connectivity index (χ2v) is 11.2. The van der Waals surface area contributed by atoms with E-state index in [1.807, 2.05) is 6.07 Å². The van der Waals surface area contributed by atoms with Gasteiger partial charge in [0.25, 0.3) is 0 Å². The Labute approximate surface area is 203 Å². The molecule has 0 aromatic heterocycles. The standard InChI is InChI=1S/C29H27NOP.ClH/c30-21-10-11-22-31-26-14-12-13-25(23-26)24-32(27-15-4-1-5-16-27,28-17-6-2-7-18-28)29-19-8-3-9-20-29;/h1-9,12-20,23H,10-11,22,24H2;1H/q+1;/p-1. The van der Waals surface area contributed by atoms with Gasteiger partial charge in [0.2, 0.25) is 0 Å². The molecule has 0 amide bonds. The minimum absolute atomic E-state index is 0. The van der Waals surface area contributed by atoms with Crippen molar-refractivity contribution in [2.75, 3.05) is 6.61 Å². The number of ether oxygens (including phenoxy) is 1. The van der Waals surface area contributed by atoms with Gasteiger partial charge < -0.3 is 17.1 Å². The van der Waals surface area contributed by atoms with Crippen molar-refractivity contribution in [3.8, 4) is 11.8 Å². The number of nitriles is 1. The molecule has 0 aliphatic rings. The highest BCUT2D eigenvalue weighted by Crippen LogP contribution is 2.58. The van der Waals surface area contributed by atoms with Gasteiger partial charge in [-0.3, -0.25) is 0 Å². The summed E-state index contributed by atoms with van der Waals surface area (Å²) in [6.45, 7) is 0.563. The van der Waals surface area contributed by atoms with E-state index < -0.39 is 7.26 Å². The first-order chi connectivity index (χ1) is 15.8. The molecule has 0 fully saturated rings. The van der Waals surface area contributed by atoms with Crippen LogP contribution in [0, 0.1) is 11.3 Å². The fourth-order valence-electron chi connectivity index (χ4n) is 4.12. The topological polar surface area (TPSA) is 33.0 Å². The quantitative estimate of drug-likeness (QED) is 0.278. The van der Waals surface area contributed by atoms with Crippen molar-refractivity contribution in [2.45, 2.75) is 19.0 Å². The van der Waals surface area contributed by atoms with Gasteiger partial charge in [0.1, 0.15) is 28.9 Å². The van der Waals surface area contributed by atoms with Crippen LogP contribution >= 0.6 is 7.26 Å². The lowest BCUT2D eigenvalue weighted by Crippen LogP contribution is -3.00.